The van der Waals surface area contributed by atoms with Gasteiger partial charge in [0.1, 0.15) is 11.6 Å². The van der Waals surface area contributed by atoms with E-state index in [1.165, 1.54) is 74.5 Å². The van der Waals surface area contributed by atoms with Crippen LogP contribution in [0.5, 0.6) is 0 Å². The van der Waals surface area contributed by atoms with Crippen LogP contribution in [0, 0.1) is 11.6 Å². The number of rotatable bonds is 22. The van der Waals surface area contributed by atoms with E-state index in [1.807, 2.05) is 27.7 Å². The molecule has 0 saturated carbocycles. The number of carbonyl (C=O) groups is 4. The summed E-state index contributed by atoms with van der Waals surface area (Å²) in [4.78, 5) is 62.9. The Labute approximate surface area is 417 Å². The number of benzene rings is 2. The second-order valence-corrected chi connectivity index (χ2v) is 19.2. The third-order valence-electron chi connectivity index (χ3n) is 9.08. The summed E-state index contributed by atoms with van der Waals surface area (Å²) in [6.07, 6.45) is 0.162. The van der Waals surface area contributed by atoms with Crippen LogP contribution in [0.3, 0.4) is 0 Å². The predicted molar refractivity (Wildman–Crippen MR) is 244 cm³/mol. The van der Waals surface area contributed by atoms with Gasteiger partial charge in [-0.1, -0.05) is 27.7 Å². The number of halogens is 2. The van der Waals surface area contributed by atoms with E-state index in [-0.39, 0.29) is 84.4 Å². The van der Waals surface area contributed by atoms with E-state index < -0.39 is 93.1 Å². The predicted octanol–water partition coefficient (Wildman–Crippen LogP) is 2.90. The Morgan fingerprint density at radius 3 is 1.18 bits per heavy atom. The number of allylic oxidation sites excluding steroid dienone is 2. The number of ketones is 2. The normalized spacial score (nSPS) is 12.6. The Hall–Kier alpha value is -5.10. The molecule has 67 heavy (non-hydrogen) atoms. The van der Waals surface area contributed by atoms with Crippen LogP contribution in [0.15, 0.2) is 60.7 Å². The van der Waals surface area contributed by atoms with Crippen LogP contribution in [0.2, 0.25) is 0 Å². The van der Waals surface area contributed by atoms with Crippen LogP contribution in [0.1, 0.15) is 102 Å². The number of nitrogens with zero attached hydrogens (tertiary/aromatic N) is 4. The van der Waals surface area contributed by atoms with Crippen molar-refractivity contribution < 1.29 is 65.2 Å². The van der Waals surface area contributed by atoms with Crippen molar-refractivity contribution in [1.29, 1.82) is 0 Å². The van der Waals surface area contributed by atoms with Gasteiger partial charge in [-0.2, -0.15) is 0 Å². The zero-order chi connectivity index (χ0) is 49.5. The van der Waals surface area contributed by atoms with Gasteiger partial charge >= 0.3 is 37.7 Å². The molecule has 0 aliphatic rings. The first-order valence-corrected chi connectivity index (χ1v) is 23.7. The quantitative estimate of drug-likeness (QED) is 0.0650. The molecule has 23 heteroatoms. The topological polar surface area (TPSA) is 299 Å². The molecule has 4 N–H and O–H groups in total. The summed E-state index contributed by atoms with van der Waals surface area (Å²) < 4.78 is 79.8. The van der Waals surface area contributed by atoms with Gasteiger partial charge in [-0.3, -0.25) is 19.0 Å². The van der Waals surface area contributed by atoms with Crippen molar-refractivity contribution >= 4 is 105 Å². The second kappa shape index (κ2) is 26.4. The number of carbonyl (C=O) groups excluding carboxylic acids is 4. The SMILES string of the molecule is CCS(=O)(=O)Nc1nc(-c2ccc(F)cc2)c(/C=C/C(=O)C[C@@H](O)CC(=O)[O-])c(C(C)C)n1.CCS(=O)(=O)Nc1nc(-c2ccc(F)cc2)c(/C=C/C(=O)C[C@@H](O)CC(=O)[O-])c(C(C)C)n1.[Ca+2]. The fourth-order valence-corrected chi connectivity index (χ4v) is 6.86. The van der Waals surface area contributed by atoms with Crippen LogP contribution in [-0.4, -0.2) is 132 Å². The van der Waals surface area contributed by atoms with E-state index in [0.29, 0.717) is 33.6 Å². The van der Waals surface area contributed by atoms with Gasteiger partial charge in [0.05, 0.1) is 46.5 Å². The standard InChI is InChI=1S/2C22H26FN3O6S.Ca/c2*1-4-33(31,32)26-22-24-20(13(2)3)18(10-9-16(27)11-17(28)12-19(29)30)21(25-22)14-5-7-15(23)8-6-14;/h2*5-10,13,17,28H,4,11-12H2,1-3H3,(H,29,30)(H,24,25,26);/q;;+2/p-2/b2*10-9+;/t2*17-;/m11./s1. The number of hydrogen-bond acceptors (Lipinski definition) is 16. The van der Waals surface area contributed by atoms with Gasteiger partial charge in [-0.05, 0) is 98.5 Å². The number of aliphatic hydroxyl groups is 2. The zero-order valence-electron chi connectivity index (χ0n) is 37.5. The molecule has 0 unspecified atom stereocenters. The molecule has 0 spiro atoms. The van der Waals surface area contributed by atoms with E-state index in [2.05, 4.69) is 29.4 Å². The molecular formula is C44H50CaF2N6O12S2. The number of aliphatic carboxylic acids is 2. The molecule has 0 amide bonds. The maximum Gasteiger partial charge on any atom is 2.00 e. The Morgan fingerprint density at radius 2 is 0.910 bits per heavy atom. The first kappa shape index (κ1) is 58.0. The van der Waals surface area contributed by atoms with Crippen molar-refractivity contribution in [2.24, 2.45) is 0 Å². The van der Waals surface area contributed by atoms with Crippen LogP contribution < -0.4 is 19.7 Å². The van der Waals surface area contributed by atoms with Crippen LogP contribution in [0.25, 0.3) is 34.7 Å². The first-order valence-electron chi connectivity index (χ1n) is 20.4. The molecule has 0 fully saturated rings. The molecule has 2 aromatic heterocycles. The van der Waals surface area contributed by atoms with Crippen molar-refractivity contribution in [1.82, 2.24) is 19.9 Å². The average Bonchev–Trinajstić information content (AvgIpc) is 3.22. The van der Waals surface area contributed by atoms with E-state index in [1.54, 1.807) is 0 Å². The molecular weight excluding hydrogens is 947 g/mol. The minimum atomic E-state index is -3.67. The summed E-state index contributed by atoms with van der Waals surface area (Å²) in [5.74, 6) is -6.11. The Bertz CT molecular complexity index is 2490. The molecule has 0 aliphatic heterocycles. The maximum absolute atomic E-state index is 13.5. The number of sulfonamides is 2. The number of anilines is 2. The average molecular weight is 997 g/mol. The van der Waals surface area contributed by atoms with Gasteiger partial charge in [0.15, 0.2) is 11.6 Å². The summed E-state index contributed by atoms with van der Waals surface area (Å²) in [6.45, 7) is 10.2. The molecule has 0 radical (unpaired) electrons. The Kier molecular flexibility index (Phi) is 22.9. The third-order valence-corrected chi connectivity index (χ3v) is 11.6. The number of aromatic nitrogens is 4. The molecule has 18 nitrogen and oxygen atoms in total. The Balaban J connectivity index is 0.000000453. The fraction of sp³-hybridized carbons (Fsp3) is 0.364. The number of carboxylic acid groups (broad SMARTS) is 2. The molecule has 0 bridgehead atoms. The molecule has 2 heterocycles. The Morgan fingerprint density at radius 1 is 0.597 bits per heavy atom. The molecule has 0 aliphatic carbocycles. The smallest absolute Gasteiger partial charge is 0.550 e. The fourth-order valence-electron chi connectivity index (χ4n) is 5.83. The van der Waals surface area contributed by atoms with Crippen molar-refractivity contribution in [3.8, 4) is 22.5 Å². The minimum Gasteiger partial charge on any atom is -0.550 e. The van der Waals surface area contributed by atoms with Gasteiger partial charge in [-0.25, -0.2) is 45.6 Å². The molecule has 356 valence electrons. The van der Waals surface area contributed by atoms with Gasteiger partial charge in [0, 0.05) is 59.9 Å². The van der Waals surface area contributed by atoms with E-state index in [9.17, 15) is 65.2 Å². The molecule has 2 atom stereocenters. The zero-order valence-corrected chi connectivity index (χ0v) is 41.4. The van der Waals surface area contributed by atoms with Crippen molar-refractivity contribution in [3.63, 3.8) is 0 Å². The number of aliphatic hydroxyl groups excluding tert-OH is 2. The van der Waals surface area contributed by atoms with Crippen LogP contribution in [-0.2, 0) is 39.2 Å². The van der Waals surface area contributed by atoms with E-state index in [4.69, 9.17) is 0 Å². The molecule has 4 rings (SSSR count). The van der Waals surface area contributed by atoms with E-state index >= 15 is 0 Å². The van der Waals surface area contributed by atoms with Gasteiger partial charge < -0.3 is 30.0 Å². The van der Waals surface area contributed by atoms with E-state index in [0.717, 1.165) is 12.2 Å². The first-order chi connectivity index (χ1) is 30.8. The van der Waals surface area contributed by atoms with Crippen LogP contribution in [0.4, 0.5) is 20.7 Å². The maximum atomic E-state index is 13.5. The van der Waals surface area contributed by atoms with Crippen molar-refractivity contribution in [3.05, 3.63) is 94.8 Å². The van der Waals surface area contributed by atoms with Crippen molar-refractivity contribution in [2.75, 3.05) is 20.9 Å². The summed E-state index contributed by atoms with van der Waals surface area (Å²) in [5, 5.41) is 40.5. The monoisotopic (exact) mass is 996 g/mol. The number of carboxylic acids is 2. The van der Waals surface area contributed by atoms with Gasteiger partial charge in [0.25, 0.3) is 0 Å². The summed E-state index contributed by atoms with van der Waals surface area (Å²) >= 11 is 0. The minimum absolute atomic E-state index is 0. The summed E-state index contributed by atoms with van der Waals surface area (Å²) in [6, 6.07) is 10.7. The largest absolute Gasteiger partial charge is 2.00 e. The third kappa shape index (κ3) is 19.2. The molecule has 0 saturated heterocycles. The molecule has 4 aromatic rings. The summed E-state index contributed by atoms with van der Waals surface area (Å²) in [5.41, 5.74) is 3.11. The molecule has 2 aromatic carbocycles. The second-order valence-electron chi connectivity index (χ2n) is 15.2. The number of hydrogen-bond donors (Lipinski definition) is 4. The van der Waals surface area contributed by atoms with Crippen LogP contribution >= 0.6 is 0 Å². The number of nitrogens with one attached hydrogen (secondary N) is 2. The van der Waals surface area contributed by atoms with Crippen molar-refractivity contribution in [2.45, 2.75) is 91.3 Å². The summed E-state index contributed by atoms with van der Waals surface area (Å²) in [7, 11) is -7.34. The van der Waals surface area contributed by atoms with Gasteiger partial charge in [-0.15, -0.1) is 0 Å². The van der Waals surface area contributed by atoms with Gasteiger partial charge in [0.2, 0.25) is 31.9 Å².